The monoisotopic (exact) mass is 309 g/mol. The average Bonchev–Trinajstić information content (AvgIpc) is 2.12. The van der Waals surface area contributed by atoms with Gasteiger partial charge in [0.2, 0.25) is 10.0 Å². The van der Waals surface area contributed by atoms with Crippen LogP contribution in [0.3, 0.4) is 0 Å². The van der Waals surface area contributed by atoms with Crippen LogP contribution in [-0.4, -0.2) is 37.0 Å². The summed E-state index contributed by atoms with van der Waals surface area (Å²) in [5.74, 6) is -0.505. The van der Waals surface area contributed by atoms with Crippen molar-refractivity contribution in [3.05, 3.63) is 28.5 Å². The highest BCUT2D eigenvalue weighted by Crippen LogP contribution is 2.28. The quantitative estimate of drug-likeness (QED) is 0.885. The molecule has 0 unspecified atom stereocenters. The van der Waals surface area contributed by atoms with E-state index in [-0.39, 0.29) is 22.5 Å². The third kappa shape index (κ3) is 2.00. The second-order valence-electron chi connectivity index (χ2n) is 3.55. The lowest BCUT2D eigenvalue weighted by molar-refractivity contribution is 0.0547. The Morgan fingerprint density at radius 3 is 2.56 bits per heavy atom. The van der Waals surface area contributed by atoms with E-state index >= 15 is 0 Å². The average molecular weight is 310 g/mol. The van der Waals surface area contributed by atoms with Gasteiger partial charge in [-0.1, -0.05) is 0 Å². The van der Waals surface area contributed by atoms with Crippen molar-refractivity contribution < 1.29 is 17.9 Å². The molecule has 0 atom stereocenters. The molecule has 0 amide bonds. The molecular formula is C9H9BrFNO3S. The number of aliphatic hydroxyl groups excluding tert-OH is 1. The van der Waals surface area contributed by atoms with E-state index < -0.39 is 21.9 Å². The molecule has 0 aromatic heterocycles. The van der Waals surface area contributed by atoms with Crippen molar-refractivity contribution in [2.24, 2.45) is 0 Å². The maximum Gasteiger partial charge on any atom is 0.244 e. The highest BCUT2D eigenvalue weighted by atomic mass is 79.9. The fraction of sp³-hybridized carbons (Fsp3) is 0.333. The second-order valence-corrected chi connectivity index (χ2v) is 6.31. The SMILES string of the molecule is O=S(=O)(c1ccc(F)cc1Br)N1CC(O)C1. The van der Waals surface area contributed by atoms with Crippen molar-refractivity contribution in [2.75, 3.05) is 13.1 Å². The molecule has 1 N–H and O–H groups in total. The third-order valence-corrected chi connectivity index (χ3v) is 5.15. The predicted octanol–water partition coefficient (Wildman–Crippen LogP) is 0.953. The Hall–Kier alpha value is -0.500. The van der Waals surface area contributed by atoms with Gasteiger partial charge in [0.05, 0.1) is 11.0 Å². The van der Waals surface area contributed by atoms with Crippen LogP contribution in [0.25, 0.3) is 0 Å². The standard InChI is InChI=1S/C9H9BrFNO3S/c10-8-3-6(11)1-2-9(8)16(14,15)12-4-7(13)5-12/h1-3,7,13H,4-5H2. The molecule has 1 heterocycles. The summed E-state index contributed by atoms with van der Waals surface area (Å²) in [6.07, 6.45) is -0.603. The van der Waals surface area contributed by atoms with E-state index in [1.807, 2.05) is 0 Å². The van der Waals surface area contributed by atoms with Crippen LogP contribution in [0, 0.1) is 5.82 Å². The summed E-state index contributed by atoms with van der Waals surface area (Å²) < 4.78 is 38.1. The van der Waals surface area contributed by atoms with Crippen LogP contribution < -0.4 is 0 Å². The Bertz CT molecular complexity index is 513. The fourth-order valence-corrected chi connectivity index (χ4v) is 3.96. The zero-order valence-electron chi connectivity index (χ0n) is 8.10. The molecule has 1 aliphatic heterocycles. The summed E-state index contributed by atoms with van der Waals surface area (Å²) in [5.41, 5.74) is 0. The molecule has 0 saturated carbocycles. The normalized spacial score (nSPS) is 18.4. The lowest BCUT2D eigenvalue weighted by Gasteiger charge is -2.34. The zero-order chi connectivity index (χ0) is 11.9. The minimum absolute atomic E-state index is 0.0146. The molecule has 2 rings (SSSR count). The molecule has 1 fully saturated rings. The molecule has 16 heavy (non-hydrogen) atoms. The van der Waals surface area contributed by atoms with E-state index in [0.717, 1.165) is 16.4 Å². The first kappa shape index (κ1) is 12.0. The Balaban J connectivity index is 2.36. The van der Waals surface area contributed by atoms with E-state index in [9.17, 15) is 12.8 Å². The van der Waals surface area contributed by atoms with Gasteiger partial charge in [-0.3, -0.25) is 0 Å². The predicted molar refractivity (Wildman–Crippen MR) is 58.9 cm³/mol. The lowest BCUT2D eigenvalue weighted by Crippen LogP contribution is -2.53. The number of aliphatic hydroxyl groups is 1. The number of benzene rings is 1. The van der Waals surface area contributed by atoms with Gasteiger partial charge in [0.25, 0.3) is 0 Å². The molecular weight excluding hydrogens is 301 g/mol. The Morgan fingerprint density at radius 2 is 2.06 bits per heavy atom. The third-order valence-electron chi connectivity index (χ3n) is 2.34. The fourth-order valence-electron chi connectivity index (χ4n) is 1.44. The second kappa shape index (κ2) is 4.06. The first-order valence-electron chi connectivity index (χ1n) is 4.54. The molecule has 0 spiro atoms. The van der Waals surface area contributed by atoms with Gasteiger partial charge in [-0.2, -0.15) is 4.31 Å². The Labute approximate surface area is 101 Å². The maximum absolute atomic E-state index is 12.8. The summed E-state index contributed by atoms with van der Waals surface area (Å²) in [4.78, 5) is 0.0146. The summed E-state index contributed by atoms with van der Waals surface area (Å²) in [7, 11) is -3.62. The summed E-state index contributed by atoms with van der Waals surface area (Å²) >= 11 is 3.01. The van der Waals surface area contributed by atoms with Gasteiger partial charge in [-0.25, -0.2) is 12.8 Å². The summed E-state index contributed by atoms with van der Waals surface area (Å²) in [6.45, 7) is 0.179. The minimum atomic E-state index is -3.62. The van der Waals surface area contributed by atoms with Gasteiger partial charge in [0, 0.05) is 17.6 Å². The molecule has 7 heteroatoms. The van der Waals surface area contributed by atoms with Crippen molar-refractivity contribution >= 4 is 26.0 Å². The minimum Gasteiger partial charge on any atom is -0.390 e. The van der Waals surface area contributed by atoms with Crippen LogP contribution in [0.5, 0.6) is 0 Å². The van der Waals surface area contributed by atoms with Crippen LogP contribution in [-0.2, 0) is 10.0 Å². The zero-order valence-corrected chi connectivity index (χ0v) is 10.5. The molecule has 0 aliphatic carbocycles. The number of hydrogen-bond donors (Lipinski definition) is 1. The van der Waals surface area contributed by atoms with Gasteiger partial charge in [-0.15, -0.1) is 0 Å². The van der Waals surface area contributed by atoms with Crippen molar-refractivity contribution in [1.82, 2.24) is 4.31 Å². The van der Waals surface area contributed by atoms with Crippen molar-refractivity contribution in [3.63, 3.8) is 0 Å². The topological polar surface area (TPSA) is 57.6 Å². The first-order chi connectivity index (χ1) is 7.41. The summed E-state index contributed by atoms with van der Waals surface area (Å²) in [6, 6.07) is 3.40. The number of β-amino-alcohol motifs (C(OH)–C–C–N with tert-alkyl or cyclic N) is 1. The highest BCUT2D eigenvalue weighted by molar-refractivity contribution is 9.10. The molecule has 0 radical (unpaired) electrons. The van der Waals surface area contributed by atoms with Gasteiger partial charge in [0.1, 0.15) is 5.82 Å². The van der Waals surface area contributed by atoms with Gasteiger partial charge in [-0.05, 0) is 34.1 Å². The van der Waals surface area contributed by atoms with E-state index in [4.69, 9.17) is 5.11 Å². The number of hydrogen-bond acceptors (Lipinski definition) is 3. The number of halogens is 2. The van der Waals surface area contributed by atoms with E-state index in [2.05, 4.69) is 15.9 Å². The Morgan fingerprint density at radius 1 is 1.44 bits per heavy atom. The van der Waals surface area contributed by atoms with Crippen LogP contribution >= 0.6 is 15.9 Å². The van der Waals surface area contributed by atoms with Crippen LogP contribution in [0.2, 0.25) is 0 Å². The van der Waals surface area contributed by atoms with Gasteiger partial charge in [0.15, 0.2) is 0 Å². The van der Waals surface area contributed by atoms with Crippen molar-refractivity contribution in [3.8, 4) is 0 Å². The van der Waals surface area contributed by atoms with Crippen molar-refractivity contribution in [1.29, 1.82) is 0 Å². The van der Waals surface area contributed by atoms with Crippen LogP contribution in [0.1, 0.15) is 0 Å². The Kier molecular flexibility index (Phi) is 3.04. The van der Waals surface area contributed by atoms with E-state index in [1.54, 1.807) is 0 Å². The lowest BCUT2D eigenvalue weighted by atomic mass is 10.2. The number of rotatable bonds is 2. The molecule has 88 valence electrons. The summed E-state index contributed by atoms with van der Waals surface area (Å²) in [5, 5.41) is 9.06. The van der Waals surface area contributed by atoms with Crippen LogP contribution in [0.15, 0.2) is 27.6 Å². The smallest absolute Gasteiger partial charge is 0.244 e. The molecule has 1 saturated heterocycles. The van der Waals surface area contributed by atoms with Crippen LogP contribution in [0.4, 0.5) is 4.39 Å². The van der Waals surface area contributed by atoms with E-state index in [1.165, 1.54) is 6.07 Å². The molecule has 1 aromatic carbocycles. The first-order valence-corrected chi connectivity index (χ1v) is 6.78. The van der Waals surface area contributed by atoms with E-state index in [0.29, 0.717) is 0 Å². The molecule has 1 aliphatic rings. The van der Waals surface area contributed by atoms with Gasteiger partial charge >= 0.3 is 0 Å². The highest BCUT2D eigenvalue weighted by Gasteiger charge is 2.36. The maximum atomic E-state index is 12.8. The molecule has 4 nitrogen and oxygen atoms in total. The van der Waals surface area contributed by atoms with Crippen molar-refractivity contribution in [2.45, 2.75) is 11.0 Å². The van der Waals surface area contributed by atoms with Gasteiger partial charge < -0.3 is 5.11 Å². The number of sulfonamides is 1. The largest absolute Gasteiger partial charge is 0.390 e. The molecule has 1 aromatic rings. The number of nitrogens with zero attached hydrogens (tertiary/aromatic N) is 1. The molecule has 0 bridgehead atoms.